The van der Waals surface area contributed by atoms with E-state index in [1.54, 1.807) is 6.20 Å². The quantitative estimate of drug-likeness (QED) is 0.850. The van der Waals surface area contributed by atoms with E-state index in [2.05, 4.69) is 16.4 Å². The number of nitrogens with two attached hydrogens (primary N) is 1. The first-order valence-electron chi connectivity index (χ1n) is 5.74. The van der Waals surface area contributed by atoms with E-state index >= 15 is 0 Å². The SMILES string of the molecule is Cl.NC1CCCCC1NCc1cccnc1. The number of aromatic nitrogens is 1. The minimum atomic E-state index is 0. The van der Waals surface area contributed by atoms with Gasteiger partial charge in [-0.2, -0.15) is 0 Å². The van der Waals surface area contributed by atoms with E-state index in [0.29, 0.717) is 12.1 Å². The van der Waals surface area contributed by atoms with Gasteiger partial charge in [0.25, 0.3) is 0 Å². The van der Waals surface area contributed by atoms with Crippen LogP contribution < -0.4 is 11.1 Å². The first-order chi connectivity index (χ1) is 7.36. The molecule has 2 rings (SSSR count). The van der Waals surface area contributed by atoms with Gasteiger partial charge >= 0.3 is 0 Å². The van der Waals surface area contributed by atoms with Crippen molar-refractivity contribution in [3.63, 3.8) is 0 Å². The maximum absolute atomic E-state index is 6.07. The van der Waals surface area contributed by atoms with Crippen LogP contribution in [0.1, 0.15) is 31.2 Å². The van der Waals surface area contributed by atoms with Gasteiger partial charge in [-0.1, -0.05) is 18.9 Å². The van der Waals surface area contributed by atoms with Crippen LogP contribution in [0.15, 0.2) is 24.5 Å². The molecule has 3 N–H and O–H groups in total. The molecule has 2 unspecified atom stereocenters. The standard InChI is InChI=1S/C12H19N3.ClH/c13-11-5-1-2-6-12(11)15-9-10-4-3-7-14-8-10;/h3-4,7-8,11-12,15H,1-2,5-6,9,13H2;1H. The first kappa shape index (κ1) is 13.4. The Labute approximate surface area is 103 Å². The molecule has 90 valence electrons. The predicted molar refractivity (Wildman–Crippen MR) is 68.6 cm³/mol. The molecule has 0 spiro atoms. The number of halogens is 1. The molecule has 3 nitrogen and oxygen atoms in total. The minimum Gasteiger partial charge on any atom is -0.326 e. The summed E-state index contributed by atoms with van der Waals surface area (Å²) < 4.78 is 0. The third kappa shape index (κ3) is 3.74. The molecule has 0 amide bonds. The number of rotatable bonds is 3. The van der Waals surface area contributed by atoms with Crippen LogP contribution in [0.5, 0.6) is 0 Å². The zero-order valence-corrected chi connectivity index (χ0v) is 10.2. The van der Waals surface area contributed by atoms with Crippen molar-refractivity contribution in [3.8, 4) is 0 Å². The summed E-state index contributed by atoms with van der Waals surface area (Å²) in [7, 11) is 0. The summed E-state index contributed by atoms with van der Waals surface area (Å²) in [5, 5.41) is 3.52. The lowest BCUT2D eigenvalue weighted by Gasteiger charge is -2.29. The molecule has 1 aliphatic carbocycles. The number of pyridine rings is 1. The second kappa shape index (κ2) is 6.84. The molecule has 1 aromatic heterocycles. The summed E-state index contributed by atoms with van der Waals surface area (Å²) >= 11 is 0. The van der Waals surface area contributed by atoms with Gasteiger partial charge in [0.2, 0.25) is 0 Å². The number of nitrogens with one attached hydrogen (secondary N) is 1. The summed E-state index contributed by atoms with van der Waals surface area (Å²) in [5.74, 6) is 0. The Balaban J connectivity index is 0.00000128. The minimum absolute atomic E-state index is 0. The topological polar surface area (TPSA) is 50.9 Å². The van der Waals surface area contributed by atoms with Gasteiger partial charge in [0.1, 0.15) is 0 Å². The Bertz CT molecular complexity index is 292. The molecule has 1 aliphatic rings. The third-order valence-electron chi connectivity index (χ3n) is 3.11. The van der Waals surface area contributed by atoms with Crippen molar-refractivity contribution in [2.24, 2.45) is 5.73 Å². The zero-order valence-electron chi connectivity index (χ0n) is 9.43. The lowest BCUT2D eigenvalue weighted by molar-refractivity contribution is 0.326. The fraction of sp³-hybridized carbons (Fsp3) is 0.583. The monoisotopic (exact) mass is 241 g/mol. The molecular weight excluding hydrogens is 222 g/mol. The predicted octanol–water partition coefficient (Wildman–Crippen LogP) is 1.86. The van der Waals surface area contributed by atoms with Crippen LogP contribution >= 0.6 is 12.4 Å². The normalized spacial score (nSPS) is 24.8. The number of hydrogen-bond donors (Lipinski definition) is 2. The summed E-state index contributed by atoms with van der Waals surface area (Å²) in [5.41, 5.74) is 7.30. The smallest absolute Gasteiger partial charge is 0.0312 e. The van der Waals surface area contributed by atoms with E-state index in [0.717, 1.165) is 13.0 Å². The number of nitrogens with zero attached hydrogens (tertiary/aromatic N) is 1. The lowest BCUT2D eigenvalue weighted by atomic mass is 9.91. The van der Waals surface area contributed by atoms with Crippen molar-refractivity contribution in [1.82, 2.24) is 10.3 Å². The van der Waals surface area contributed by atoms with Gasteiger partial charge in [-0.3, -0.25) is 4.98 Å². The maximum atomic E-state index is 6.07. The summed E-state index contributed by atoms with van der Waals surface area (Å²) in [4.78, 5) is 4.10. The molecule has 0 bridgehead atoms. The third-order valence-corrected chi connectivity index (χ3v) is 3.11. The van der Waals surface area contributed by atoms with E-state index in [1.807, 2.05) is 12.3 Å². The second-order valence-electron chi connectivity index (χ2n) is 4.30. The molecule has 0 aliphatic heterocycles. The van der Waals surface area contributed by atoms with E-state index in [9.17, 15) is 0 Å². The van der Waals surface area contributed by atoms with Crippen molar-refractivity contribution in [1.29, 1.82) is 0 Å². The van der Waals surface area contributed by atoms with Crippen molar-refractivity contribution in [2.75, 3.05) is 0 Å². The van der Waals surface area contributed by atoms with Crippen molar-refractivity contribution < 1.29 is 0 Å². The highest BCUT2D eigenvalue weighted by molar-refractivity contribution is 5.85. The van der Waals surface area contributed by atoms with Crippen LogP contribution in [0.25, 0.3) is 0 Å². The van der Waals surface area contributed by atoms with E-state index in [4.69, 9.17) is 5.73 Å². The van der Waals surface area contributed by atoms with Crippen molar-refractivity contribution in [2.45, 2.75) is 44.3 Å². The lowest BCUT2D eigenvalue weighted by Crippen LogP contribution is -2.46. The molecule has 1 fully saturated rings. The van der Waals surface area contributed by atoms with E-state index in [-0.39, 0.29) is 12.4 Å². The van der Waals surface area contributed by atoms with Gasteiger partial charge in [-0.25, -0.2) is 0 Å². The van der Waals surface area contributed by atoms with Gasteiger partial charge in [0.05, 0.1) is 0 Å². The van der Waals surface area contributed by atoms with Gasteiger partial charge in [-0.05, 0) is 24.5 Å². The van der Waals surface area contributed by atoms with Crippen LogP contribution in [0, 0.1) is 0 Å². The Morgan fingerprint density at radius 3 is 2.88 bits per heavy atom. The average molecular weight is 242 g/mol. The molecular formula is C12H20ClN3. The van der Waals surface area contributed by atoms with Crippen LogP contribution in [0.4, 0.5) is 0 Å². The number of hydrogen-bond acceptors (Lipinski definition) is 3. The molecule has 1 saturated carbocycles. The van der Waals surface area contributed by atoms with Crippen LogP contribution in [-0.4, -0.2) is 17.1 Å². The summed E-state index contributed by atoms with van der Waals surface area (Å²) in [6.07, 6.45) is 8.66. The van der Waals surface area contributed by atoms with Crippen molar-refractivity contribution in [3.05, 3.63) is 30.1 Å². The zero-order chi connectivity index (χ0) is 10.5. The summed E-state index contributed by atoms with van der Waals surface area (Å²) in [6, 6.07) is 4.88. The van der Waals surface area contributed by atoms with Crippen LogP contribution in [0.2, 0.25) is 0 Å². The molecule has 0 radical (unpaired) electrons. The largest absolute Gasteiger partial charge is 0.326 e. The van der Waals surface area contributed by atoms with Crippen molar-refractivity contribution >= 4 is 12.4 Å². The Morgan fingerprint density at radius 1 is 1.38 bits per heavy atom. The van der Waals surface area contributed by atoms with Gasteiger partial charge in [-0.15, -0.1) is 12.4 Å². The molecule has 0 saturated heterocycles. The Kier molecular flexibility index (Phi) is 5.74. The molecule has 1 heterocycles. The fourth-order valence-electron chi connectivity index (χ4n) is 2.16. The Morgan fingerprint density at radius 2 is 2.19 bits per heavy atom. The fourth-order valence-corrected chi connectivity index (χ4v) is 2.16. The van der Waals surface area contributed by atoms with E-state index < -0.39 is 0 Å². The first-order valence-corrected chi connectivity index (χ1v) is 5.74. The van der Waals surface area contributed by atoms with Gasteiger partial charge in [0.15, 0.2) is 0 Å². The molecule has 1 aromatic rings. The Hall–Kier alpha value is -0.640. The second-order valence-corrected chi connectivity index (χ2v) is 4.30. The average Bonchev–Trinajstić information content (AvgIpc) is 2.29. The highest BCUT2D eigenvalue weighted by atomic mass is 35.5. The molecule has 2 atom stereocenters. The molecule has 0 aromatic carbocycles. The van der Waals surface area contributed by atoms with Crippen LogP contribution in [0.3, 0.4) is 0 Å². The van der Waals surface area contributed by atoms with E-state index in [1.165, 1.54) is 24.8 Å². The van der Waals surface area contributed by atoms with Crippen LogP contribution in [-0.2, 0) is 6.54 Å². The molecule has 16 heavy (non-hydrogen) atoms. The molecule has 4 heteroatoms. The maximum Gasteiger partial charge on any atom is 0.0312 e. The van der Waals surface area contributed by atoms with Gasteiger partial charge < -0.3 is 11.1 Å². The highest BCUT2D eigenvalue weighted by Gasteiger charge is 2.20. The van der Waals surface area contributed by atoms with Gasteiger partial charge in [0, 0.05) is 31.0 Å². The highest BCUT2D eigenvalue weighted by Crippen LogP contribution is 2.17. The summed E-state index contributed by atoms with van der Waals surface area (Å²) in [6.45, 7) is 0.881.